The van der Waals surface area contributed by atoms with E-state index in [2.05, 4.69) is 0 Å². The lowest BCUT2D eigenvalue weighted by atomic mass is 9.92. The Morgan fingerprint density at radius 2 is 2.00 bits per heavy atom. The topological polar surface area (TPSA) is 63.7 Å². The third-order valence-electron chi connectivity index (χ3n) is 3.73. The molecule has 1 aromatic rings. The van der Waals surface area contributed by atoms with Gasteiger partial charge in [-0.1, -0.05) is 13.8 Å². The molecular weight excluding hydrogens is 270 g/mol. The summed E-state index contributed by atoms with van der Waals surface area (Å²) in [6, 6.07) is 5.03. The van der Waals surface area contributed by atoms with Gasteiger partial charge in [-0.25, -0.2) is 0 Å². The molecular formula is C16H19NO4. The van der Waals surface area contributed by atoms with Crippen LogP contribution in [0.1, 0.15) is 43.1 Å². The van der Waals surface area contributed by atoms with Gasteiger partial charge in [-0.2, -0.15) is 0 Å². The molecule has 0 bridgehead atoms. The summed E-state index contributed by atoms with van der Waals surface area (Å²) in [5.74, 6) is 0.103. The van der Waals surface area contributed by atoms with Gasteiger partial charge in [0.15, 0.2) is 5.78 Å². The first-order valence-corrected chi connectivity index (χ1v) is 6.79. The summed E-state index contributed by atoms with van der Waals surface area (Å²) in [7, 11) is 1.52. The van der Waals surface area contributed by atoms with E-state index in [-0.39, 0.29) is 30.6 Å². The van der Waals surface area contributed by atoms with Gasteiger partial charge in [0.1, 0.15) is 5.75 Å². The van der Waals surface area contributed by atoms with Gasteiger partial charge in [-0.3, -0.25) is 19.3 Å². The average molecular weight is 289 g/mol. The number of imide groups is 1. The minimum atomic E-state index is -0.664. The molecule has 0 aliphatic carbocycles. The molecule has 0 unspecified atom stereocenters. The number of likely N-dealkylation sites (tertiary alicyclic amines) is 1. The van der Waals surface area contributed by atoms with E-state index in [1.165, 1.54) is 18.9 Å². The molecule has 21 heavy (non-hydrogen) atoms. The number of ketones is 1. The van der Waals surface area contributed by atoms with Gasteiger partial charge < -0.3 is 4.74 Å². The monoisotopic (exact) mass is 289 g/mol. The zero-order valence-electron chi connectivity index (χ0n) is 12.7. The van der Waals surface area contributed by atoms with Crippen LogP contribution in [0.2, 0.25) is 0 Å². The van der Waals surface area contributed by atoms with E-state index in [1.807, 2.05) is 0 Å². The van der Waals surface area contributed by atoms with E-state index >= 15 is 0 Å². The van der Waals surface area contributed by atoms with Crippen LogP contribution in [0.5, 0.6) is 5.75 Å². The molecule has 0 spiro atoms. The van der Waals surface area contributed by atoms with Crippen LogP contribution in [0.3, 0.4) is 0 Å². The molecule has 1 heterocycles. The molecule has 1 fully saturated rings. The van der Waals surface area contributed by atoms with Gasteiger partial charge in [0.05, 0.1) is 19.1 Å². The number of amides is 2. The van der Waals surface area contributed by atoms with E-state index in [1.54, 1.807) is 32.0 Å². The third-order valence-corrected chi connectivity index (χ3v) is 3.73. The third kappa shape index (κ3) is 2.82. The predicted octanol–water partition coefficient (Wildman–Crippen LogP) is 2.18. The highest BCUT2D eigenvalue weighted by Gasteiger charge is 2.44. The number of carbonyl (C=O) groups is 3. The Labute approximate surface area is 123 Å². The molecule has 1 aromatic carbocycles. The number of ether oxygens (including phenoxy) is 1. The summed E-state index contributed by atoms with van der Waals surface area (Å²) < 4.78 is 5.25. The fourth-order valence-electron chi connectivity index (χ4n) is 2.48. The molecule has 2 amide bonds. The molecule has 0 radical (unpaired) electrons. The van der Waals surface area contributed by atoms with E-state index < -0.39 is 5.41 Å². The SMILES string of the molecule is COc1ccc(C(C)=O)cc1CN1C(=O)CC(C)(C)C1=O. The molecule has 0 saturated carbocycles. The number of Topliss-reactive ketones (excluding diaryl/α,β-unsaturated/α-hetero) is 1. The molecule has 5 nitrogen and oxygen atoms in total. The Hall–Kier alpha value is -2.17. The smallest absolute Gasteiger partial charge is 0.235 e. The van der Waals surface area contributed by atoms with Gasteiger partial charge in [0, 0.05) is 17.5 Å². The Morgan fingerprint density at radius 3 is 2.48 bits per heavy atom. The molecule has 0 aromatic heterocycles. The summed E-state index contributed by atoms with van der Waals surface area (Å²) in [5.41, 5.74) is 0.524. The lowest BCUT2D eigenvalue weighted by Gasteiger charge is -2.19. The number of nitrogens with zero attached hydrogens (tertiary/aromatic N) is 1. The maximum absolute atomic E-state index is 12.3. The van der Waals surface area contributed by atoms with Gasteiger partial charge in [-0.15, -0.1) is 0 Å². The van der Waals surface area contributed by atoms with Crippen molar-refractivity contribution in [3.05, 3.63) is 29.3 Å². The number of hydrogen-bond acceptors (Lipinski definition) is 4. The van der Waals surface area contributed by atoms with Crippen molar-refractivity contribution in [2.24, 2.45) is 5.41 Å². The molecule has 0 atom stereocenters. The first-order chi connectivity index (χ1) is 9.76. The van der Waals surface area contributed by atoms with E-state index in [4.69, 9.17) is 4.74 Å². The zero-order valence-corrected chi connectivity index (χ0v) is 12.7. The van der Waals surface area contributed by atoms with E-state index in [0.717, 1.165) is 0 Å². The number of rotatable bonds is 4. The fourth-order valence-corrected chi connectivity index (χ4v) is 2.48. The van der Waals surface area contributed by atoms with Crippen LogP contribution in [0.25, 0.3) is 0 Å². The predicted molar refractivity (Wildman–Crippen MR) is 77.0 cm³/mol. The second-order valence-corrected chi connectivity index (χ2v) is 5.93. The van der Waals surface area contributed by atoms with Crippen molar-refractivity contribution in [3.8, 4) is 5.75 Å². The van der Waals surface area contributed by atoms with Crippen LogP contribution >= 0.6 is 0 Å². The van der Waals surface area contributed by atoms with Crippen LogP contribution in [0.15, 0.2) is 18.2 Å². The number of benzene rings is 1. The van der Waals surface area contributed by atoms with Gasteiger partial charge in [0.25, 0.3) is 0 Å². The van der Waals surface area contributed by atoms with Gasteiger partial charge in [-0.05, 0) is 25.1 Å². The molecule has 1 aliphatic heterocycles. The summed E-state index contributed by atoms with van der Waals surface area (Å²) in [6.07, 6.45) is 0.209. The van der Waals surface area contributed by atoms with Crippen LogP contribution < -0.4 is 4.74 Å². The van der Waals surface area contributed by atoms with Crippen molar-refractivity contribution in [3.63, 3.8) is 0 Å². The maximum atomic E-state index is 12.3. The standard InChI is InChI=1S/C16H19NO4/c1-10(18)11-5-6-13(21-4)12(7-11)9-17-14(19)8-16(2,3)15(17)20/h5-7H,8-9H2,1-4H3. The summed E-state index contributed by atoms with van der Waals surface area (Å²) >= 11 is 0. The Balaban J connectivity index is 2.35. The number of carbonyl (C=O) groups excluding carboxylic acids is 3. The Kier molecular flexibility index (Phi) is 3.85. The summed E-state index contributed by atoms with van der Waals surface area (Å²) in [5, 5.41) is 0. The lowest BCUT2D eigenvalue weighted by molar-refractivity contribution is -0.141. The molecule has 1 saturated heterocycles. The van der Waals surface area contributed by atoms with Gasteiger partial charge >= 0.3 is 0 Å². The van der Waals surface area contributed by atoms with Gasteiger partial charge in [0.2, 0.25) is 11.8 Å². The van der Waals surface area contributed by atoms with Crippen molar-refractivity contribution in [2.45, 2.75) is 33.7 Å². The zero-order chi connectivity index (χ0) is 15.8. The minimum Gasteiger partial charge on any atom is -0.496 e. The van der Waals surface area contributed by atoms with Crippen molar-refractivity contribution < 1.29 is 19.1 Å². The highest BCUT2D eigenvalue weighted by atomic mass is 16.5. The highest BCUT2D eigenvalue weighted by molar-refractivity contribution is 6.05. The lowest BCUT2D eigenvalue weighted by Crippen LogP contribution is -2.32. The quantitative estimate of drug-likeness (QED) is 0.629. The van der Waals surface area contributed by atoms with Crippen molar-refractivity contribution in [1.29, 1.82) is 0 Å². The van der Waals surface area contributed by atoms with Crippen LogP contribution in [-0.2, 0) is 16.1 Å². The summed E-state index contributed by atoms with van der Waals surface area (Å²) in [4.78, 5) is 37.0. The molecule has 2 rings (SSSR count). The van der Waals surface area contributed by atoms with E-state index in [9.17, 15) is 14.4 Å². The molecule has 5 heteroatoms. The molecule has 1 aliphatic rings. The molecule has 112 valence electrons. The minimum absolute atomic E-state index is 0.0710. The van der Waals surface area contributed by atoms with Crippen LogP contribution in [0.4, 0.5) is 0 Å². The van der Waals surface area contributed by atoms with Crippen molar-refractivity contribution >= 4 is 17.6 Å². The Morgan fingerprint density at radius 1 is 1.33 bits per heavy atom. The number of methoxy groups -OCH3 is 1. The second-order valence-electron chi connectivity index (χ2n) is 5.93. The van der Waals surface area contributed by atoms with Crippen LogP contribution in [0, 0.1) is 5.41 Å². The van der Waals surface area contributed by atoms with E-state index in [0.29, 0.717) is 16.9 Å². The number of hydrogen-bond donors (Lipinski definition) is 0. The maximum Gasteiger partial charge on any atom is 0.235 e. The molecule has 0 N–H and O–H groups in total. The fraction of sp³-hybridized carbons (Fsp3) is 0.438. The highest BCUT2D eigenvalue weighted by Crippen LogP contribution is 2.34. The normalized spacial score (nSPS) is 17.2. The average Bonchev–Trinajstić information content (AvgIpc) is 2.60. The Bertz CT molecular complexity index is 619. The van der Waals surface area contributed by atoms with Crippen molar-refractivity contribution in [1.82, 2.24) is 4.90 Å². The van der Waals surface area contributed by atoms with Crippen LogP contribution in [-0.4, -0.2) is 29.6 Å². The second kappa shape index (κ2) is 5.31. The first kappa shape index (κ1) is 15.2. The summed E-state index contributed by atoms with van der Waals surface area (Å²) in [6.45, 7) is 5.12. The first-order valence-electron chi connectivity index (χ1n) is 6.79. The van der Waals surface area contributed by atoms with Crippen molar-refractivity contribution in [2.75, 3.05) is 7.11 Å². The largest absolute Gasteiger partial charge is 0.496 e.